The third-order valence-corrected chi connectivity index (χ3v) is 8.03. The van der Waals surface area contributed by atoms with Crippen LogP contribution in [0.1, 0.15) is 29.9 Å². The Morgan fingerprint density at radius 1 is 1.26 bits per heavy atom. The van der Waals surface area contributed by atoms with Gasteiger partial charge >= 0.3 is 0 Å². The molecule has 0 saturated heterocycles. The van der Waals surface area contributed by atoms with Crippen LogP contribution < -0.4 is 9.62 Å². The Morgan fingerprint density at radius 2 is 2.00 bits per heavy atom. The Labute approximate surface area is 206 Å². The van der Waals surface area contributed by atoms with E-state index in [4.69, 9.17) is 9.25 Å². The highest BCUT2D eigenvalue weighted by Crippen LogP contribution is 2.48. The quantitative estimate of drug-likeness (QED) is 0.456. The fourth-order valence-electron chi connectivity index (χ4n) is 4.29. The first kappa shape index (κ1) is 24.0. The molecule has 1 saturated carbocycles. The SMILES string of the molecule is C[S+]([O-])CCN(c1cc2oc(-c3ccc(F)cc3)c(C3=NOCCN3)c2cc1C1CC1)S(C)(=O)=O. The van der Waals surface area contributed by atoms with Crippen LogP contribution in [0.3, 0.4) is 0 Å². The van der Waals surface area contributed by atoms with Crippen molar-refractivity contribution in [2.45, 2.75) is 18.8 Å². The van der Waals surface area contributed by atoms with E-state index in [-0.39, 0.29) is 24.0 Å². The Morgan fingerprint density at radius 3 is 2.60 bits per heavy atom. The van der Waals surface area contributed by atoms with Gasteiger partial charge in [0.2, 0.25) is 10.0 Å². The van der Waals surface area contributed by atoms with E-state index in [1.165, 1.54) is 16.4 Å². The number of nitrogens with one attached hydrogen (secondary N) is 1. The van der Waals surface area contributed by atoms with Crippen LogP contribution in [-0.2, 0) is 26.0 Å². The third-order valence-electron chi connectivity index (χ3n) is 6.09. The normalized spacial score (nSPS) is 17.0. The van der Waals surface area contributed by atoms with Gasteiger partial charge in [0.1, 0.15) is 29.5 Å². The first-order valence-corrected chi connectivity index (χ1v) is 14.9. The number of rotatable bonds is 8. The van der Waals surface area contributed by atoms with Gasteiger partial charge in [-0.15, -0.1) is 0 Å². The highest BCUT2D eigenvalue weighted by molar-refractivity contribution is 7.92. The number of nitrogens with zero attached hydrogens (tertiary/aromatic N) is 2. The van der Waals surface area contributed by atoms with Gasteiger partial charge in [0.15, 0.2) is 5.84 Å². The maximum atomic E-state index is 13.6. The topological polar surface area (TPSA) is 107 Å². The van der Waals surface area contributed by atoms with Crippen molar-refractivity contribution in [1.29, 1.82) is 0 Å². The predicted molar refractivity (Wildman–Crippen MR) is 135 cm³/mol. The first-order chi connectivity index (χ1) is 16.7. The van der Waals surface area contributed by atoms with Crippen molar-refractivity contribution in [3.8, 4) is 11.3 Å². The van der Waals surface area contributed by atoms with Crippen molar-refractivity contribution in [3.63, 3.8) is 0 Å². The second-order valence-corrected chi connectivity index (χ2v) is 12.3. The van der Waals surface area contributed by atoms with Gasteiger partial charge in [-0.2, -0.15) is 0 Å². The molecule has 1 aliphatic carbocycles. The van der Waals surface area contributed by atoms with Gasteiger partial charge < -0.3 is 19.1 Å². The first-order valence-electron chi connectivity index (χ1n) is 11.3. The number of oxime groups is 1. The predicted octanol–water partition coefficient (Wildman–Crippen LogP) is 3.54. The second kappa shape index (κ2) is 9.36. The average Bonchev–Trinajstić information content (AvgIpc) is 3.59. The molecule has 3 aromatic rings. The van der Waals surface area contributed by atoms with E-state index in [9.17, 15) is 17.4 Å². The molecule has 0 radical (unpaired) electrons. The van der Waals surface area contributed by atoms with Crippen LogP contribution >= 0.6 is 0 Å². The molecule has 186 valence electrons. The van der Waals surface area contributed by atoms with Crippen LogP contribution in [-0.4, -0.2) is 56.8 Å². The molecule has 8 nitrogen and oxygen atoms in total. The molecule has 1 aliphatic heterocycles. The molecule has 11 heteroatoms. The highest BCUT2D eigenvalue weighted by Gasteiger charge is 2.33. The minimum absolute atomic E-state index is 0.105. The van der Waals surface area contributed by atoms with E-state index >= 15 is 0 Å². The molecule has 0 amide bonds. The van der Waals surface area contributed by atoms with Gasteiger partial charge in [-0.05, 0) is 54.7 Å². The van der Waals surface area contributed by atoms with Crippen molar-refractivity contribution >= 4 is 43.7 Å². The average molecular weight is 520 g/mol. The van der Waals surface area contributed by atoms with E-state index in [0.717, 1.165) is 30.0 Å². The van der Waals surface area contributed by atoms with Gasteiger partial charge in [0, 0.05) is 17.0 Å². The zero-order valence-electron chi connectivity index (χ0n) is 19.4. The lowest BCUT2D eigenvalue weighted by Gasteiger charge is -2.25. The van der Waals surface area contributed by atoms with Crippen molar-refractivity contribution in [3.05, 3.63) is 53.3 Å². The monoisotopic (exact) mass is 519 g/mol. The smallest absolute Gasteiger partial charge is 0.232 e. The van der Waals surface area contributed by atoms with Crippen LogP contribution in [0, 0.1) is 5.82 Å². The molecule has 35 heavy (non-hydrogen) atoms. The van der Waals surface area contributed by atoms with Crippen LogP contribution in [0.2, 0.25) is 0 Å². The minimum Gasteiger partial charge on any atom is -0.617 e. The largest absolute Gasteiger partial charge is 0.617 e. The number of hydrogen-bond donors (Lipinski definition) is 1. The molecule has 1 N–H and O–H groups in total. The van der Waals surface area contributed by atoms with Gasteiger partial charge in [-0.3, -0.25) is 4.31 Å². The van der Waals surface area contributed by atoms with E-state index in [1.54, 1.807) is 24.5 Å². The summed E-state index contributed by atoms with van der Waals surface area (Å²) in [6.45, 7) is 1.11. The highest BCUT2D eigenvalue weighted by atomic mass is 32.2. The zero-order valence-corrected chi connectivity index (χ0v) is 21.0. The number of sulfonamides is 1. The number of halogens is 1. The molecule has 0 spiro atoms. The Bertz CT molecular complexity index is 1380. The van der Waals surface area contributed by atoms with Crippen LogP contribution in [0.4, 0.5) is 10.1 Å². The maximum Gasteiger partial charge on any atom is 0.232 e. The third kappa shape index (κ3) is 4.98. The molecular formula is C24H26FN3O5S2. The van der Waals surface area contributed by atoms with E-state index < -0.39 is 21.2 Å². The fourth-order valence-corrected chi connectivity index (χ4v) is 5.79. The number of fused-ring (bicyclic) bond motifs is 1. The molecule has 1 unspecified atom stereocenters. The van der Waals surface area contributed by atoms with Crippen molar-refractivity contribution in [2.24, 2.45) is 5.16 Å². The molecule has 1 aromatic heterocycles. The Kier molecular flexibility index (Phi) is 6.41. The summed E-state index contributed by atoms with van der Waals surface area (Å²) < 4.78 is 58.5. The van der Waals surface area contributed by atoms with Crippen LogP contribution in [0.5, 0.6) is 0 Å². The van der Waals surface area contributed by atoms with E-state index in [1.807, 2.05) is 6.07 Å². The molecular weight excluding hydrogens is 493 g/mol. The maximum absolute atomic E-state index is 13.6. The molecule has 2 aromatic carbocycles. The summed E-state index contributed by atoms with van der Waals surface area (Å²) in [6, 6.07) is 9.68. The summed E-state index contributed by atoms with van der Waals surface area (Å²) in [5.74, 6) is 1.07. The molecule has 1 atom stereocenters. The van der Waals surface area contributed by atoms with Gasteiger partial charge in [0.25, 0.3) is 0 Å². The number of anilines is 1. The molecule has 0 bridgehead atoms. The van der Waals surface area contributed by atoms with Crippen molar-refractivity contribution in [2.75, 3.05) is 42.3 Å². The number of amidine groups is 1. The Hall–Kier alpha value is -2.76. The standard InChI is InChI=1S/C24H26FN3O5S2/c1-34(29)12-10-28(35(2,30)31)20-14-21-19(13-18(20)15-3-4-15)22(24-26-9-11-32-27-24)23(33-21)16-5-7-17(25)8-6-16/h5-8,13-15H,3-4,9-12H2,1-2H3,(H,26,27). The lowest BCUT2D eigenvalue weighted by atomic mass is 10.00. The molecule has 2 aliphatic rings. The second-order valence-electron chi connectivity index (χ2n) is 8.81. The number of hydrogen-bond acceptors (Lipinski definition) is 7. The summed E-state index contributed by atoms with van der Waals surface area (Å²) in [4.78, 5) is 5.32. The molecule has 5 rings (SSSR count). The molecule has 2 heterocycles. The minimum atomic E-state index is -3.63. The van der Waals surface area contributed by atoms with E-state index in [2.05, 4.69) is 10.5 Å². The summed E-state index contributed by atoms with van der Waals surface area (Å²) in [7, 11) is -3.63. The summed E-state index contributed by atoms with van der Waals surface area (Å²) in [5, 5.41) is 8.20. The van der Waals surface area contributed by atoms with E-state index in [0.29, 0.717) is 47.1 Å². The summed E-state index contributed by atoms with van der Waals surface area (Å²) in [5.41, 5.74) is 3.24. The number of benzene rings is 2. The van der Waals surface area contributed by atoms with Crippen LogP contribution in [0.15, 0.2) is 46.0 Å². The number of furan rings is 1. The lowest BCUT2D eigenvalue weighted by Crippen LogP contribution is -2.35. The zero-order chi connectivity index (χ0) is 24.7. The summed E-state index contributed by atoms with van der Waals surface area (Å²) in [6.07, 6.45) is 4.62. The van der Waals surface area contributed by atoms with Gasteiger partial charge in [-0.25, -0.2) is 12.8 Å². The van der Waals surface area contributed by atoms with Gasteiger partial charge in [0.05, 0.1) is 36.9 Å². The van der Waals surface area contributed by atoms with Crippen molar-refractivity contribution < 1.29 is 26.6 Å². The summed E-state index contributed by atoms with van der Waals surface area (Å²) >= 11 is -1.15. The van der Waals surface area contributed by atoms with Crippen molar-refractivity contribution in [1.82, 2.24) is 5.32 Å². The lowest BCUT2D eigenvalue weighted by molar-refractivity contribution is 0.136. The fraction of sp³-hybridized carbons (Fsp3) is 0.375. The van der Waals surface area contributed by atoms with Gasteiger partial charge in [-0.1, -0.05) is 16.3 Å². The van der Waals surface area contributed by atoms with Crippen LogP contribution in [0.25, 0.3) is 22.3 Å². The molecule has 1 fully saturated rings. The Balaban J connectivity index is 1.74.